The summed E-state index contributed by atoms with van der Waals surface area (Å²) in [5.74, 6) is 6.36. The number of carbonyl (C=O) groups is 2. The molecule has 2 aromatic rings. The maximum atomic E-state index is 13.4. The fraction of sp³-hybridized carbons (Fsp3) is 0.310. The minimum absolute atomic E-state index is 0.156. The number of carbonyl (C=O) groups excluding carboxylic acids is 2. The van der Waals surface area contributed by atoms with Crippen LogP contribution >= 0.6 is 0 Å². The van der Waals surface area contributed by atoms with Crippen molar-refractivity contribution in [2.45, 2.75) is 32.4 Å². The minimum atomic E-state index is -4.46. The van der Waals surface area contributed by atoms with Crippen molar-refractivity contribution in [3.63, 3.8) is 0 Å². The molecule has 4 rings (SSSR count). The molecule has 1 saturated heterocycles. The van der Waals surface area contributed by atoms with E-state index in [1.165, 1.54) is 17.0 Å². The fourth-order valence-corrected chi connectivity index (χ4v) is 4.73. The lowest BCUT2D eigenvalue weighted by Gasteiger charge is -2.34. The maximum Gasteiger partial charge on any atom is 0.416 e. The van der Waals surface area contributed by atoms with Crippen LogP contribution in [0.3, 0.4) is 0 Å². The summed E-state index contributed by atoms with van der Waals surface area (Å²) in [4.78, 5) is 28.7. The Hall–Kier alpha value is -4.05. The number of anilines is 2. The van der Waals surface area contributed by atoms with Gasteiger partial charge in [0, 0.05) is 30.9 Å². The number of ether oxygens (including phenoxy) is 1. The van der Waals surface area contributed by atoms with Crippen LogP contribution < -0.4 is 15.8 Å². The molecule has 2 aliphatic heterocycles. The average molecular weight is 541 g/mol. The topological polar surface area (TPSA) is 79.1 Å². The highest BCUT2D eigenvalue weighted by molar-refractivity contribution is 5.99. The number of hydrogen-bond donors (Lipinski definition) is 1. The number of rotatable bonds is 6. The van der Waals surface area contributed by atoms with Gasteiger partial charge >= 0.3 is 18.2 Å². The number of benzene rings is 2. The second kappa shape index (κ2) is 11.8. The predicted octanol–water partition coefficient (Wildman–Crippen LogP) is 6.10. The van der Waals surface area contributed by atoms with Gasteiger partial charge in [-0.25, -0.2) is 15.6 Å². The zero-order chi connectivity index (χ0) is 28.2. The molecule has 0 atom stereocenters. The molecule has 0 unspecified atom stereocenters. The van der Waals surface area contributed by atoms with Crippen molar-refractivity contribution >= 4 is 29.1 Å². The van der Waals surface area contributed by atoms with E-state index >= 15 is 0 Å². The van der Waals surface area contributed by atoms with Crippen LogP contribution in [0.15, 0.2) is 79.0 Å². The maximum absolute atomic E-state index is 13.4. The van der Waals surface area contributed by atoms with Crippen LogP contribution in [0.1, 0.15) is 37.3 Å². The molecule has 206 valence electrons. The molecule has 0 saturated carbocycles. The van der Waals surface area contributed by atoms with Gasteiger partial charge in [0.2, 0.25) is 0 Å². The van der Waals surface area contributed by atoms with E-state index in [2.05, 4.69) is 11.5 Å². The van der Waals surface area contributed by atoms with Crippen molar-refractivity contribution < 1.29 is 27.5 Å². The average Bonchev–Trinajstić information content (AvgIpc) is 2.92. The lowest BCUT2D eigenvalue weighted by atomic mass is 9.93. The van der Waals surface area contributed by atoms with Crippen LogP contribution in [0.4, 0.5) is 29.3 Å². The summed E-state index contributed by atoms with van der Waals surface area (Å²) < 4.78 is 44.1. The van der Waals surface area contributed by atoms with Crippen LogP contribution in [0.2, 0.25) is 0 Å². The van der Waals surface area contributed by atoms with Crippen molar-refractivity contribution in [3.8, 4) is 0 Å². The van der Waals surface area contributed by atoms with Gasteiger partial charge in [-0.15, -0.1) is 0 Å². The fourth-order valence-electron chi connectivity index (χ4n) is 4.73. The molecule has 7 nitrogen and oxygen atoms in total. The van der Waals surface area contributed by atoms with Crippen molar-refractivity contribution in [1.82, 2.24) is 4.90 Å². The highest BCUT2D eigenvalue weighted by Crippen LogP contribution is 2.33. The molecular weight excluding hydrogens is 509 g/mol. The summed E-state index contributed by atoms with van der Waals surface area (Å²) in [5.41, 5.74) is 1.74. The van der Waals surface area contributed by atoms with Gasteiger partial charge in [0.15, 0.2) is 0 Å². The Morgan fingerprint density at radius 1 is 1.08 bits per heavy atom. The van der Waals surface area contributed by atoms with E-state index in [4.69, 9.17) is 10.6 Å². The summed E-state index contributed by atoms with van der Waals surface area (Å²) in [6.45, 7) is 7.71. The molecule has 1 fully saturated rings. The largest absolute Gasteiger partial charge is 0.466 e. The summed E-state index contributed by atoms with van der Waals surface area (Å²) >= 11 is 0. The van der Waals surface area contributed by atoms with Crippen LogP contribution in [0, 0.1) is 5.92 Å². The molecule has 0 bridgehead atoms. The van der Waals surface area contributed by atoms with E-state index < -0.39 is 17.8 Å². The molecule has 2 heterocycles. The van der Waals surface area contributed by atoms with Gasteiger partial charge in [0.1, 0.15) is 0 Å². The Bertz CT molecular complexity index is 1260. The number of hydrogen-bond acceptors (Lipinski definition) is 5. The number of hydrazine groups is 1. The first-order valence-electron chi connectivity index (χ1n) is 12.7. The van der Waals surface area contributed by atoms with Gasteiger partial charge in [-0.05, 0) is 79.8 Å². The summed E-state index contributed by atoms with van der Waals surface area (Å²) in [6.07, 6.45) is 2.65. The third-order valence-electron chi connectivity index (χ3n) is 6.84. The number of esters is 1. The Labute approximate surface area is 225 Å². The smallest absolute Gasteiger partial charge is 0.416 e. The predicted molar refractivity (Wildman–Crippen MR) is 144 cm³/mol. The van der Waals surface area contributed by atoms with E-state index in [-0.39, 0.29) is 5.97 Å². The Morgan fingerprint density at radius 2 is 1.72 bits per heavy atom. The number of piperidine rings is 1. The Balaban J connectivity index is 1.43. The highest BCUT2D eigenvalue weighted by Gasteiger charge is 2.31. The molecule has 39 heavy (non-hydrogen) atoms. The summed E-state index contributed by atoms with van der Waals surface area (Å²) in [5, 5.41) is 0.984. The minimum Gasteiger partial charge on any atom is -0.466 e. The molecule has 0 radical (unpaired) electrons. The quantitative estimate of drug-likeness (QED) is 0.207. The first-order valence-corrected chi connectivity index (χ1v) is 12.7. The number of allylic oxidation sites excluding steroid dienone is 3. The number of halogens is 3. The lowest BCUT2D eigenvalue weighted by Crippen LogP contribution is -2.46. The summed E-state index contributed by atoms with van der Waals surface area (Å²) in [6, 6.07) is 11.2. The van der Waals surface area contributed by atoms with E-state index in [0.717, 1.165) is 48.8 Å². The van der Waals surface area contributed by atoms with E-state index in [0.29, 0.717) is 41.6 Å². The number of nitrogens with zero attached hydrogens (tertiary/aromatic N) is 3. The molecular formula is C29H31F3N4O3. The van der Waals surface area contributed by atoms with E-state index in [9.17, 15) is 22.8 Å². The zero-order valence-electron chi connectivity index (χ0n) is 21.7. The Kier molecular flexibility index (Phi) is 8.44. The molecule has 2 N–H and O–H groups in total. The molecule has 2 aliphatic rings. The van der Waals surface area contributed by atoms with E-state index in [1.807, 2.05) is 12.1 Å². The molecule has 2 amide bonds. The van der Waals surface area contributed by atoms with Gasteiger partial charge in [-0.2, -0.15) is 13.2 Å². The number of amides is 2. The standard InChI is InChI=1S/C29H31F3N4O3/c1-3-39-27(37)19-21-15-17-34(18-16-21)24-11-13-25(14-12-24)36(33)28(38)35-20(2)5-4-6-26(35)22-7-9-23(10-8-22)29(30,31)32/h4-14,21H,2-3,15-19,33H2,1H3. The molecule has 0 aromatic heterocycles. The highest BCUT2D eigenvalue weighted by atomic mass is 19.4. The number of urea groups is 1. The van der Waals surface area contributed by atoms with Crippen LogP contribution in [-0.4, -0.2) is 36.6 Å². The first kappa shape index (κ1) is 28.0. The molecule has 2 aromatic carbocycles. The van der Waals surface area contributed by atoms with Crippen molar-refractivity contribution in [1.29, 1.82) is 0 Å². The summed E-state index contributed by atoms with van der Waals surface area (Å²) in [7, 11) is 0. The molecule has 0 aliphatic carbocycles. The van der Waals surface area contributed by atoms with Crippen molar-refractivity contribution in [2.75, 3.05) is 29.6 Å². The zero-order valence-corrected chi connectivity index (χ0v) is 21.7. The monoisotopic (exact) mass is 540 g/mol. The molecule has 0 spiro atoms. The van der Waals surface area contributed by atoms with Crippen molar-refractivity contribution in [2.24, 2.45) is 11.8 Å². The van der Waals surface area contributed by atoms with Gasteiger partial charge < -0.3 is 9.64 Å². The second-order valence-corrected chi connectivity index (χ2v) is 9.42. The van der Waals surface area contributed by atoms with Gasteiger partial charge in [-0.1, -0.05) is 24.8 Å². The SMILES string of the molecule is C=C1C=CC=C(c2ccc(C(F)(F)F)cc2)N1C(=O)N(N)c1ccc(N2CCC(CC(=O)OCC)CC2)cc1. The van der Waals surface area contributed by atoms with Crippen LogP contribution in [0.5, 0.6) is 0 Å². The first-order chi connectivity index (χ1) is 18.6. The third-order valence-corrected chi connectivity index (χ3v) is 6.84. The van der Waals surface area contributed by atoms with Gasteiger partial charge in [0.25, 0.3) is 0 Å². The van der Waals surface area contributed by atoms with Crippen molar-refractivity contribution in [3.05, 3.63) is 90.2 Å². The van der Waals surface area contributed by atoms with Gasteiger partial charge in [-0.3, -0.25) is 9.69 Å². The lowest BCUT2D eigenvalue weighted by molar-refractivity contribution is -0.144. The number of alkyl halides is 3. The normalized spacial score (nSPS) is 16.2. The molecule has 10 heteroatoms. The Morgan fingerprint density at radius 3 is 2.31 bits per heavy atom. The van der Waals surface area contributed by atoms with Gasteiger partial charge in [0.05, 0.1) is 23.6 Å². The number of nitrogens with two attached hydrogens (primary N) is 1. The van der Waals surface area contributed by atoms with Crippen LogP contribution in [-0.2, 0) is 15.7 Å². The van der Waals surface area contributed by atoms with E-state index in [1.54, 1.807) is 37.3 Å². The second-order valence-electron chi connectivity index (χ2n) is 9.42. The third kappa shape index (κ3) is 6.51. The van der Waals surface area contributed by atoms with Crippen LogP contribution in [0.25, 0.3) is 5.70 Å².